The molecule has 1 saturated heterocycles. The highest BCUT2D eigenvalue weighted by Gasteiger charge is 2.27. The van der Waals surface area contributed by atoms with Crippen LogP contribution in [-0.2, 0) is 0 Å². The van der Waals surface area contributed by atoms with Crippen molar-refractivity contribution in [2.75, 3.05) is 32.8 Å². The minimum Gasteiger partial charge on any atom is -0.396 e. The van der Waals surface area contributed by atoms with Crippen LogP contribution in [0.2, 0.25) is 0 Å². The number of nitrogens with zero attached hydrogens (tertiary/aromatic N) is 1. The fourth-order valence-electron chi connectivity index (χ4n) is 3.63. The van der Waals surface area contributed by atoms with Crippen LogP contribution in [0, 0.1) is 11.8 Å². The molecular formula is C17H34N2O. The first-order chi connectivity index (χ1) is 9.81. The number of unbranched alkanes of at least 4 members (excludes halogenated alkanes) is 1. The van der Waals surface area contributed by atoms with E-state index >= 15 is 0 Å². The van der Waals surface area contributed by atoms with Gasteiger partial charge in [-0.15, -0.1) is 0 Å². The first-order valence-electron chi connectivity index (χ1n) is 8.88. The lowest BCUT2D eigenvalue weighted by molar-refractivity contribution is 0.123. The lowest BCUT2D eigenvalue weighted by Crippen LogP contribution is -2.50. The molecule has 0 aromatic heterocycles. The first kappa shape index (κ1) is 16.3. The number of hydrogen-bond donors (Lipinski definition) is 2. The molecule has 2 rings (SSSR count). The Balaban J connectivity index is 1.75. The molecule has 1 heterocycles. The van der Waals surface area contributed by atoms with Gasteiger partial charge in [0.2, 0.25) is 0 Å². The molecule has 0 spiro atoms. The van der Waals surface area contributed by atoms with Gasteiger partial charge < -0.3 is 15.3 Å². The van der Waals surface area contributed by atoms with Gasteiger partial charge >= 0.3 is 0 Å². The third kappa shape index (κ3) is 5.34. The van der Waals surface area contributed by atoms with E-state index in [0.29, 0.717) is 12.6 Å². The smallest absolute Gasteiger partial charge is 0.0431 e. The number of piperidine rings is 1. The van der Waals surface area contributed by atoms with E-state index in [1.54, 1.807) is 0 Å². The Morgan fingerprint density at radius 2 is 2.00 bits per heavy atom. The Kier molecular flexibility index (Phi) is 7.32. The zero-order chi connectivity index (χ0) is 14.2. The maximum absolute atomic E-state index is 9.06. The van der Waals surface area contributed by atoms with Crippen molar-refractivity contribution >= 4 is 0 Å². The van der Waals surface area contributed by atoms with Crippen molar-refractivity contribution in [2.24, 2.45) is 11.8 Å². The lowest BCUT2D eigenvalue weighted by Gasteiger charge is -2.39. The highest BCUT2D eigenvalue weighted by Crippen LogP contribution is 2.26. The molecule has 0 aromatic rings. The second kappa shape index (κ2) is 9.01. The van der Waals surface area contributed by atoms with Gasteiger partial charge in [0, 0.05) is 25.7 Å². The van der Waals surface area contributed by atoms with Crippen molar-refractivity contribution in [1.29, 1.82) is 0 Å². The molecule has 118 valence electrons. The highest BCUT2D eigenvalue weighted by atomic mass is 16.2. The maximum Gasteiger partial charge on any atom is 0.0431 e. The van der Waals surface area contributed by atoms with Gasteiger partial charge in [-0.1, -0.05) is 19.8 Å². The standard InChI is InChI=1S/C17H34N2O/c1-2-3-9-19-13-16(8-5-10-20)11-17(14-19)18-12-15-6-4-7-15/h15-18,20H,2-14H2,1H3. The van der Waals surface area contributed by atoms with Crippen LogP contribution in [0.1, 0.15) is 58.3 Å². The molecule has 2 atom stereocenters. The summed E-state index contributed by atoms with van der Waals surface area (Å²) in [6.07, 6.45) is 10.4. The summed E-state index contributed by atoms with van der Waals surface area (Å²) in [7, 11) is 0. The van der Waals surface area contributed by atoms with Crippen molar-refractivity contribution in [2.45, 2.75) is 64.3 Å². The van der Waals surface area contributed by atoms with Gasteiger partial charge in [0.15, 0.2) is 0 Å². The van der Waals surface area contributed by atoms with E-state index < -0.39 is 0 Å². The zero-order valence-electron chi connectivity index (χ0n) is 13.3. The average molecular weight is 282 g/mol. The third-order valence-electron chi connectivity index (χ3n) is 5.13. The van der Waals surface area contributed by atoms with E-state index in [9.17, 15) is 0 Å². The number of aliphatic hydroxyl groups is 1. The van der Waals surface area contributed by atoms with E-state index in [1.807, 2.05) is 0 Å². The molecule has 2 N–H and O–H groups in total. The van der Waals surface area contributed by atoms with Gasteiger partial charge in [0.05, 0.1) is 0 Å². The number of hydrogen-bond acceptors (Lipinski definition) is 3. The normalized spacial score (nSPS) is 28.5. The average Bonchev–Trinajstić information content (AvgIpc) is 2.41. The first-order valence-corrected chi connectivity index (χ1v) is 8.88. The SMILES string of the molecule is CCCCN1CC(CCCO)CC(NCC2CCC2)C1. The summed E-state index contributed by atoms with van der Waals surface area (Å²) in [4.78, 5) is 2.66. The minimum absolute atomic E-state index is 0.353. The molecule has 0 amide bonds. The van der Waals surface area contributed by atoms with Crippen LogP contribution in [0.3, 0.4) is 0 Å². The second-order valence-corrected chi connectivity index (χ2v) is 6.98. The molecule has 0 aromatic carbocycles. The molecular weight excluding hydrogens is 248 g/mol. The Hall–Kier alpha value is -0.120. The Morgan fingerprint density at radius 1 is 1.15 bits per heavy atom. The monoisotopic (exact) mass is 282 g/mol. The molecule has 0 radical (unpaired) electrons. The summed E-state index contributed by atoms with van der Waals surface area (Å²) in [5, 5.41) is 12.9. The Bertz CT molecular complexity index is 239. The van der Waals surface area contributed by atoms with Gasteiger partial charge in [0.1, 0.15) is 0 Å². The van der Waals surface area contributed by atoms with Crippen molar-refractivity contribution in [3.05, 3.63) is 0 Å². The predicted molar refractivity (Wildman–Crippen MR) is 84.9 cm³/mol. The van der Waals surface area contributed by atoms with E-state index in [0.717, 1.165) is 18.3 Å². The van der Waals surface area contributed by atoms with Crippen molar-refractivity contribution in [1.82, 2.24) is 10.2 Å². The van der Waals surface area contributed by atoms with E-state index in [4.69, 9.17) is 5.11 Å². The summed E-state index contributed by atoms with van der Waals surface area (Å²) in [6, 6.07) is 0.685. The van der Waals surface area contributed by atoms with Gasteiger partial charge in [-0.2, -0.15) is 0 Å². The van der Waals surface area contributed by atoms with Crippen molar-refractivity contribution in [3.63, 3.8) is 0 Å². The number of rotatable bonds is 9. The van der Waals surface area contributed by atoms with Crippen LogP contribution < -0.4 is 5.32 Å². The van der Waals surface area contributed by atoms with Crippen LogP contribution in [0.25, 0.3) is 0 Å². The molecule has 2 fully saturated rings. The van der Waals surface area contributed by atoms with Gasteiger partial charge in [-0.25, -0.2) is 0 Å². The van der Waals surface area contributed by atoms with Gasteiger partial charge in [-0.3, -0.25) is 0 Å². The highest BCUT2D eigenvalue weighted by molar-refractivity contribution is 4.85. The zero-order valence-corrected chi connectivity index (χ0v) is 13.3. The van der Waals surface area contributed by atoms with Crippen LogP contribution in [0.4, 0.5) is 0 Å². The number of likely N-dealkylation sites (tertiary alicyclic amines) is 1. The Morgan fingerprint density at radius 3 is 2.65 bits per heavy atom. The van der Waals surface area contributed by atoms with Crippen LogP contribution in [-0.4, -0.2) is 48.8 Å². The van der Waals surface area contributed by atoms with Gasteiger partial charge in [0.25, 0.3) is 0 Å². The summed E-state index contributed by atoms with van der Waals surface area (Å²) in [6.45, 7) is 7.61. The molecule has 1 saturated carbocycles. The molecule has 1 aliphatic heterocycles. The molecule has 2 unspecified atom stereocenters. The van der Waals surface area contributed by atoms with E-state index in [2.05, 4.69) is 17.1 Å². The third-order valence-corrected chi connectivity index (χ3v) is 5.13. The molecule has 2 aliphatic rings. The molecule has 1 aliphatic carbocycles. The maximum atomic E-state index is 9.06. The van der Waals surface area contributed by atoms with Crippen molar-refractivity contribution in [3.8, 4) is 0 Å². The van der Waals surface area contributed by atoms with Gasteiger partial charge in [-0.05, 0) is 63.5 Å². The summed E-state index contributed by atoms with van der Waals surface area (Å²) < 4.78 is 0. The van der Waals surface area contributed by atoms with Crippen LogP contribution >= 0.6 is 0 Å². The molecule has 20 heavy (non-hydrogen) atoms. The lowest BCUT2D eigenvalue weighted by atomic mass is 9.84. The fraction of sp³-hybridized carbons (Fsp3) is 1.00. The Labute approximate surface area is 125 Å². The summed E-state index contributed by atoms with van der Waals surface area (Å²) >= 11 is 0. The minimum atomic E-state index is 0.353. The molecule has 3 heteroatoms. The van der Waals surface area contributed by atoms with E-state index in [-0.39, 0.29) is 0 Å². The van der Waals surface area contributed by atoms with Crippen LogP contribution in [0.5, 0.6) is 0 Å². The topological polar surface area (TPSA) is 35.5 Å². The summed E-state index contributed by atoms with van der Waals surface area (Å²) in [5.74, 6) is 1.74. The molecule has 3 nitrogen and oxygen atoms in total. The van der Waals surface area contributed by atoms with Crippen LogP contribution in [0.15, 0.2) is 0 Å². The quantitative estimate of drug-likeness (QED) is 0.682. The summed E-state index contributed by atoms with van der Waals surface area (Å²) in [5.41, 5.74) is 0. The second-order valence-electron chi connectivity index (χ2n) is 6.98. The predicted octanol–water partition coefficient (Wildman–Crippen LogP) is 2.64. The van der Waals surface area contributed by atoms with Crippen molar-refractivity contribution < 1.29 is 5.11 Å². The van der Waals surface area contributed by atoms with E-state index in [1.165, 1.54) is 71.1 Å². The largest absolute Gasteiger partial charge is 0.396 e. The molecule has 0 bridgehead atoms. The number of nitrogens with one attached hydrogen (secondary N) is 1. The number of aliphatic hydroxyl groups excluding tert-OH is 1. The fourth-order valence-corrected chi connectivity index (χ4v) is 3.63.